The van der Waals surface area contributed by atoms with Crippen molar-refractivity contribution in [2.24, 2.45) is 5.73 Å². The Balaban J connectivity index is 0.00000264. The third-order valence-electron chi connectivity index (χ3n) is 3.57. The first-order valence-corrected chi connectivity index (χ1v) is 8.26. The smallest absolute Gasteiger partial charge is 0.387 e. The minimum Gasteiger partial charge on any atom is -0.432 e. The Morgan fingerprint density at radius 3 is 2.61 bits per heavy atom. The van der Waals surface area contributed by atoms with Gasteiger partial charge in [-0.15, -0.1) is 12.4 Å². The molecule has 1 aliphatic rings. The van der Waals surface area contributed by atoms with Gasteiger partial charge in [0.25, 0.3) is 0 Å². The molecule has 1 aromatic rings. The molecule has 1 aromatic carbocycles. The van der Waals surface area contributed by atoms with Crippen LogP contribution in [0.1, 0.15) is 19.3 Å². The highest BCUT2D eigenvalue weighted by molar-refractivity contribution is 7.89. The van der Waals surface area contributed by atoms with Crippen LogP contribution in [0.15, 0.2) is 23.1 Å². The average Bonchev–Trinajstić information content (AvgIpc) is 2.48. The van der Waals surface area contributed by atoms with Crippen LogP contribution in [0.25, 0.3) is 0 Å². The maximum absolute atomic E-state index is 13.7. The zero-order valence-electron chi connectivity index (χ0n) is 12.1. The van der Waals surface area contributed by atoms with Gasteiger partial charge in [-0.1, -0.05) is 6.42 Å². The van der Waals surface area contributed by atoms with Crippen molar-refractivity contribution in [2.75, 3.05) is 13.1 Å². The van der Waals surface area contributed by atoms with E-state index in [1.807, 2.05) is 0 Å². The number of alkyl halides is 2. The summed E-state index contributed by atoms with van der Waals surface area (Å²) in [5.41, 5.74) is 5.59. The minimum atomic E-state index is -3.92. The maximum atomic E-state index is 13.7. The van der Waals surface area contributed by atoms with Crippen molar-refractivity contribution in [2.45, 2.75) is 36.8 Å². The molecule has 23 heavy (non-hydrogen) atoms. The number of benzene rings is 1. The van der Waals surface area contributed by atoms with E-state index >= 15 is 0 Å². The van der Waals surface area contributed by atoms with Gasteiger partial charge < -0.3 is 10.5 Å². The van der Waals surface area contributed by atoms with Crippen molar-refractivity contribution in [3.8, 4) is 5.75 Å². The van der Waals surface area contributed by atoms with Crippen LogP contribution in [0, 0.1) is 5.82 Å². The molecule has 0 amide bonds. The van der Waals surface area contributed by atoms with Gasteiger partial charge in [-0.25, -0.2) is 12.8 Å². The molecular formula is C13H18ClF3N2O3S. The fourth-order valence-electron chi connectivity index (χ4n) is 2.49. The number of nitrogens with two attached hydrogens (primary N) is 1. The van der Waals surface area contributed by atoms with Gasteiger partial charge in [-0.05, 0) is 31.0 Å². The second kappa shape index (κ2) is 8.18. The summed E-state index contributed by atoms with van der Waals surface area (Å²) in [4.78, 5) is -0.299. The Hall–Kier alpha value is -1.03. The molecule has 0 aromatic heterocycles. The highest BCUT2D eigenvalue weighted by Crippen LogP contribution is 2.28. The summed E-state index contributed by atoms with van der Waals surface area (Å²) in [7, 11) is -3.92. The minimum absolute atomic E-state index is 0. The van der Waals surface area contributed by atoms with E-state index in [-0.39, 0.29) is 29.9 Å². The summed E-state index contributed by atoms with van der Waals surface area (Å²) >= 11 is 0. The van der Waals surface area contributed by atoms with E-state index in [1.165, 1.54) is 4.31 Å². The summed E-state index contributed by atoms with van der Waals surface area (Å²) in [6, 6.07) is 2.29. The molecule has 0 aliphatic carbocycles. The first-order chi connectivity index (χ1) is 10.4. The highest BCUT2D eigenvalue weighted by Gasteiger charge is 2.33. The quantitative estimate of drug-likeness (QED) is 0.858. The van der Waals surface area contributed by atoms with Crippen LogP contribution in [-0.4, -0.2) is 38.5 Å². The van der Waals surface area contributed by atoms with Crippen LogP contribution in [0.2, 0.25) is 0 Å². The Morgan fingerprint density at radius 2 is 2.04 bits per heavy atom. The highest BCUT2D eigenvalue weighted by atomic mass is 35.5. The first-order valence-electron chi connectivity index (χ1n) is 6.82. The van der Waals surface area contributed by atoms with Gasteiger partial charge in [0.15, 0.2) is 11.6 Å². The lowest BCUT2D eigenvalue weighted by molar-refractivity contribution is -0.0522. The summed E-state index contributed by atoms with van der Waals surface area (Å²) in [6.07, 6.45) is 2.22. The number of ether oxygens (including phenoxy) is 1. The third kappa shape index (κ3) is 4.50. The van der Waals surface area contributed by atoms with Gasteiger partial charge >= 0.3 is 6.61 Å². The number of halogens is 4. The standard InChI is InChI=1S/C13H17F3N2O3S.ClH/c14-11-7-10(4-5-12(11)21-13(15)16)22(19,20)18-6-2-1-3-9(18)8-17;/h4-5,7,9,13H,1-3,6,8,17H2;1H. The van der Waals surface area contributed by atoms with E-state index < -0.39 is 28.2 Å². The molecule has 1 unspecified atom stereocenters. The molecule has 2 rings (SSSR count). The molecule has 132 valence electrons. The van der Waals surface area contributed by atoms with Gasteiger partial charge in [0, 0.05) is 19.1 Å². The molecule has 1 saturated heterocycles. The number of sulfonamides is 1. The van der Waals surface area contributed by atoms with Crippen LogP contribution < -0.4 is 10.5 Å². The second-order valence-electron chi connectivity index (χ2n) is 4.97. The number of nitrogens with zero attached hydrogens (tertiary/aromatic N) is 1. The zero-order chi connectivity index (χ0) is 16.3. The first kappa shape index (κ1) is 20.0. The van der Waals surface area contributed by atoms with Crippen molar-refractivity contribution in [1.82, 2.24) is 4.31 Å². The Bertz CT molecular complexity index is 631. The summed E-state index contributed by atoms with van der Waals surface area (Å²) < 4.78 is 68.2. The van der Waals surface area contributed by atoms with Crippen LogP contribution in [0.5, 0.6) is 5.75 Å². The van der Waals surface area contributed by atoms with E-state index in [9.17, 15) is 21.6 Å². The predicted molar refractivity (Wildman–Crippen MR) is 80.9 cm³/mol. The molecule has 1 atom stereocenters. The zero-order valence-corrected chi connectivity index (χ0v) is 13.8. The molecule has 2 N–H and O–H groups in total. The topological polar surface area (TPSA) is 72.6 Å². The van der Waals surface area contributed by atoms with E-state index in [2.05, 4.69) is 4.74 Å². The Morgan fingerprint density at radius 1 is 1.35 bits per heavy atom. The van der Waals surface area contributed by atoms with Crippen LogP contribution in [0.3, 0.4) is 0 Å². The van der Waals surface area contributed by atoms with Crippen molar-refractivity contribution < 1.29 is 26.3 Å². The van der Waals surface area contributed by atoms with Crippen molar-refractivity contribution >= 4 is 22.4 Å². The Kier molecular flexibility index (Phi) is 7.12. The lowest BCUT2D eigenvalue weighted by Gasteiger charge is -2.33. The lowest BCUT2D eigenvalue weighted by atomic mass is 10.1. The van der Waals surface area contributed by atoms with E-state index in [0.29, 0.717) is 25.5 Å². The molecule has 1 fully saturated rings. The lowest BCUT2D eigenvalue weighted by Crippen LogP contribution is -2.47. The largest absolute Gasteiger partial charge is 0.432 e. The molecule has 1 aliphatic heterocycles. The molecule has 1 heterocycles. The van der Waals surface area contributed by atoms with Crippen molar-refractivity contribution in [3.63, 3.8) is 0 Å². The van der Waals surface area contributed by atoms with Crippen LogP contribution in [0.4, 0.5) is 13.2 Å². The van der Waals surface area contributed by atoms with Crippen LogP contribution in [-0.2, 0) is 10.0 Å². The molecule has 0 radical (unpaired) electrons. The van der Waals surface area contributed by atoms with Gasteiger partial charge in [-0.3, -0.25) is 0 Å². The van der Waals surface area contributed by atoms with Gasteiger partial charge in [0.2, 0.25) is 10.0 Å². The molecule has 10 heteroatoms. The maximum Gasteiger partial charge on any atom is 0.387 e. The fraction of sp³-hybridized carbons (Fsp3) is 0.538. The SMILES string of the molecule is Cl.NCC1CCCCN1S(=O)(=O)c1ccc(OC(F)F)c(F)c1. The van der Waals surface area contributed by atoms with Crippen molar-refractivity contribution in [1.29, 1.82) is 0 Å². The van der Waals surface area contributed by atoms with Crippen LogP contribution >= 0.6 is 12.4 Å². The Labute approximate surface area is 139 Å². The van der Waals surface area contributed by atoms with Crippen molar-refractivity contribution in [3.05, 3.63) is 24.0 Å². The summed E-state index contributed by atoms with van der Waals surface area (Å²) in [6.45, 7) is -2.70. The number of hydrogen-bond donors (Lipinski definition) is 1. The summed E-state index contributed by atoms with van der Waals surface area (Å²) in [5.74, 6) is -1.84. The van der Waals surface area contributed by atoms with Gasteiger partial charge in [0.05, 0.1) is 4.90 Å². The normalized spacial score (nSPS) is 19.4. The summed E-state index contributed by atoms with van der Waals surface area (Å²) in [5, 5.41) is 0. The molecular weight excluding hydrogens is 357 g/mol. The predicted octanol–water partition coefficient (Wildman–Crippen LogP) is 2.35. The molecule has 0 spiro atoms. The molecule has 0 saturated carbocycles. The molecule has 0 bridgehead atoms. The van der Waals surface area contributed by atoms with E-state index in [0.717, 1.165) is 18.6 Å². The third-order valence-corrected chi connectivity index (χ3v) is 5.52. The van der Waals surface area contributed by atoms with E-state index in [1.54, 1.807) is 0 Å². The monoisotopic (exact) mass is 374 g/mol. The fourth-order valence-corrected chi connectivity index (χ4v) is 4.21. The average molecular weight is 375 g/mol. The number of rotatable bonds is 5. The van der Waals surface area contributed by atoms with E-state index in [4.69, 9.17) is 5.73 Å². The van der Waals surface area contributed by atoms with Gasteiger partial charge in [0.1, 0.15) is 0 Å². The number of piperidine rings is 1. The second-order valence-corrected chi connectivity index (χ2v) is 6.86. The number of hydrogen-bond acceptors (Lipinski definition) is 4. The molecule has 5 nitrogen and oxygen atoms in total. The van der Waals surface area contributed by atoms with Gasteiger partial charge in [-0.2, -0.15) is 13.1 Å².